The molecule has 3 rings (SSSR count). The van der Waals surface area contributed by atoms with Crippen molar-refractivity contribution in [1.29, 1.82) is 0 Å². The van der Waals surface area contributed by atoms with E-state index in [9.17, 15) is 9.60 Å². The molecule has 0 saturated heterocycles. The Morgan fingerprint density at radius 3 is 2.21 bits per heavy atom. The molecule has 28 heavy (non-hydrogen) atoms. The molecule has 0 spiro atoms. The van der Waals surface area contributed by atoms with Crippen molar-refractivity contribution in [3.8, 4) is 5.69 Å². The maximum absolute atomic E-state index is 13.7. The molecule has 0 amide bonds. The number of pyridine rings is 1. The second kappa shape index (κ2) is 9.87. The summed E-state index contributed by atoms with van der Waals surface area (Å²) in [6.07, 6.45) is 5.14. The summed E-state index contributed by atoms with van der Waals surface area (Å²) in [5.41, 5.74) is 1.24. The maximum Gasteiger partial charge on any atom is 0.218 e. The molecule has 8 heteroatoms. The minimum absolute atomic E-state index is 0.0713. The van der Waals surface area contributed by atoms with Gasteiger partial charge in [0, 0.05) is 6.20 Å². The van der Waals surface area contributed by atoms with E-state index in [1.165, 1.54) is 36.7 Å². The van der Waals surface area contributed by atoms with Crippen molar-refractivity contribution < 1.29 is 9.12 Å². The van der Waals surface area contributed by atoms with Crippen LogP contribution in [0, 0.1) is 11.0 Å². The predicted molar refractivity (Wildman–Crippen MR) is 114 cm³/mol. The quantitative estimate of drug-likeness (QED) is 0.422. The fourth-order valence-corrected chi connectivity index (χ4v) is 3.40. The second-order valence-electron chi connectivity index (χ2n) is 6.00. The third-order valence-corrected chi connectivity index (χ3v) is 4.90. The van der Waals surface area contributed by atoms with Crippen LogP contribution in [0.3, 0.4) is 0 Å². The van der Waals surface area contributed by atoms with Gasteiger partial charge in [-0.1, -0.05) is 56.6 Å². The largest absolute Gasteiger partial charge is 0.619 e. The van der Waals surface area contributed by atoms with Gasteiger partial charge in [-0.05, 0) is 37.3 Å². The molecule has 0 unspecified atom stereocenters. The average Bonchev–Trinajstić information content (AvgIpc) is 3.06. The van der Waals surface area contributed by atoms with E-state index in [1.54, 1.807) is 18.2 Å². The molecule has 0 radical (unpaired) electrons. The average molecular weight is 425 g/mol. The molecule has 150 valence electrons. The summed E-state index contributed by atoms with van der Waals surface area (Å²) in [6, 6.07) is 3.35. The molecule has 0 aliphatic carbocycles. The molecule has 2 aromatic heterocycles. The normalized spacial score (nSPS) is 10.8. The summed E-state index contributed by atoms with van der Waals surface area (Å²) in [7, 11) is 0. The number of halogens is 3. The fourth-order valence-electron chi connectivity index (χ4n) is 2.72. The minimum atomic E-state index is -0.712. The van der Waals surface area contributed by atoms with Crippen LogP contribution >= 0.6 is 23.2 Å². The molecule has 0 aliphatic heterocycles. The lowest BCUT2D eigenvalue weighted by Crippen LogP contribution is -2.24. The number of hydrogen-bond donors (Lipinski definition) is 0. The third-order valence-electron chi connectivity index (χ3n) is 4.32. The van der Waals surface area contributed by atoms with E-state index in [-0.39, 0.29) is 5.52 Å². The molecular formula is C20H23Cl2FN4O. The Hall–Kier alpha value is -2.15. The van der Waals surface area contributed by atoms with Gasteiger partial charge in [-0.25, -0.2) is 4.68 Å². The van der Waals surface area contributed by atoms with Crippen molar-refractivity contribution in [1.82, 2.24) is 14.7 Å². The molecule has 0 fully saturated rings. The Morgan fingerprint density at radius 2 is 1.75 bits per heavy atom. The number of aromatic nitrogens is 3. The molecule has 5 nitrogen and oxygen atoms in total. The number of rotatable bonds is 5. The molecule has 0 saturated carbocycles. The Balaban J connectivity index is 0.000000345. The zero-order chi connectivity index (χ0) is 20.8. The van der Waals surface area contributed by atoms with E-state index in [0.717, 1.165) is 11.8 Å². The van der Waals surface area contributed by atoms with Gasteiger partial charge < -0.3 is 10.1 Å². The highest BCUT2D eigenvalue weighted by molar-refractivity contribution is 6.38. The number of nitrogens with zero attached hydrogens (tertiary/aromatic N) is 4. The summed E-state index contributed by atoms with van der Waals surface area (Å²) < 4.78 is 15.5. The van der Waals surface area contributed by atoms with Gasteiger partial charge in [-0.3, -0.25) is 0 Å². The monoisotopic (exact) mass is 424 g/mol. The van der Waals surface area contributed by atoms with Gasteiger partial charge in [0.2, 0.25) is 12.0 Å². The van der Waals surface area contributed by atoms with Gasteiger partial charge in [-0.15, -0.1) is 0 Å². The Labute approximate surface area is 174 Å². The second-order valence-corrected chi connectivity index (χ2v) is 6.81. The van der Waals surface area contributed by atoms with E-state index >= 15 is 0 Å². The van der Waals surface area contributed by atoms with E-state index < -0.39 is 5.82 Å². The van der Waals surface area contributed by atoms with Crippen LogP contribution < -0.4 is 4.73 Å². The zero-order valence-corrected chi connectivity index (χ0v) is 17.6. The molecular weight excluding hydrogens is 402 g/mol. The molecule has 0 aliphatic rings. The summed E-state index contributed by atoms with van der Waals surface area (Å²) >= 11 is 12.4. The first kappa shape index (κ1) is 22.1. The van der Waals surface area contributed by atoms with Crippen molar-refractivity contribution in [3.63, 3.8) is 0 Å². The Bertz CT molecular complexity index is 942. The number of hydrogen-bond acceptors (Lipinski definition) is 3. The van der Waals surface area contributed by atoms with Gasteiger partial charge in [0.15, 0.2) is 6.20 Å². The summed E-state index contributed by atoms with van der Waals surface area (Å²) in [6.45, 7) is 13.8. The third kappa shape index (κ3) is 5.01. The summed E-state index contributed by atoms with van der Waals surface area (Å²) in [4.78, 5) is 2.38. The highest BCUT2D eigenvalue weighted by Gasteiger charge is 2.16. The molecule has 0 atom stereocenters. The predicted octanol–water partition coefficient (Wildman–Crippen LogP) is 5.10. The van der Waals surface area contributed by atoms with Crippen molar-refractivity contribution >= 4 is 40.2 Å². The van der Waals surface area contributed by atoms with E-state index in [2.05, 4.69) is 37.3 Å². The van der Waals surface area contributed by atoms with Crippen molar-refractivity contribution in [2.24, 2.45) is 0 Å². The molecule has 2 heterocycles. The van der Waals surface area contributed by atoms with Gasteiger partial charge in [0.25, 0.3) is 0 Å². The van der Waals surface area contributed by atoms with Crippen LogP contribution in [0.2, 0.25) is 10.0 Å². The van der Waals surface area contributed by atoms with E-state index in [1.807, 2.05) is 0 Å². The standard InChI is InChI=1S/C14H8Cl2FN3O.C6H15N/c1-2-8-3-10(15)14(11(16)4-8)20-6-9-5-19(21)7-12(17)13(9)18-20;1-4-7(5-2)6-3/h2-7H,1H2;4-6H2,1-3H3. The van der Waals surface area contributed by atoms with E-state index in [4.69, 9.17) is 23.2 Å². The first-order valence-corrected chi connectivity index (χ1v) is 9.71. The summed E-state index contributed by atoms with van der Waals surface area (Å²) in [5, 5.41) is 16.4. The molecule has 0 bridgehead atoms. The lowest BCUT2D eigenvalue weighted by atomic mass is 10.2. The van der Waals surface area contributed by atoms with Crippen LogP contribution in [-0.4, -0.2) is 34.3 Å². The Morgan fingerprint density at radius 1 is 1.18 bits per heavy atom. The summed E-state index contributed by atoms with van der Waals surface area (Å²) in [5.74, 6) is -0.712. The zero-order valence-electron chi connectivity index (χ0n) is 16.1. The minimum Gasteiger partial charge on any atom is -0.619 e. The van der Waals surface area contributed by atoms with Gasteiger partial charge in [-0.2, -0.15) is 14.2 Å². The van der Waals surface area contributed by atoms with Gasteiger partial charge in [0.05, 0.1) is 15.4 Å². The van der Waals surface area contributed by atoms with Crippen LogP contribution in [0.25, 0.3) is 22.7 Å². The Kier molecular flexibility index (Phi) is 7.80. The molecule has 1 aromatic carbocycles. The molecule has 0 N–H and O–H groups in total. The number of fused-ring (bicyclic) bond motifs is 1. The van der Waals surface area contributed by atoms with Crippen molar-refractivity contribution in [3.05, 3.63) is 63.9 Å². The smallest absolute Gasteiger partial charge is 0.218 e. The first-order chi connectivity index (χ1) is 13.3. The molecule has 3 aromatic rings. The highest BCUT2D eigenvalue weighted by Crippen LogP contribution is 2.31. The van der Waals surface area contributed by atoms with Gasteiger partial charge in [0.1, 0.15) is 11.2 Å². The van der Waals surface area contributed by atoms with Crippen molar-refractivity contribution in [2.45, 2.75) is 20.8 Å². The van der Waals surface area contributed by atoms with Gasteiger partial charge >= 0.3 is 0 Å². The van der Waals surface area contributed by atoms with Crippen LogP contribution in [0.1, 0.15) is 26.3 Å². The SMILES string of the molecule is C=Cc1cc(Cl)c(-n2cc3c[n+]([O-])cc(F)c3n2)c(Cl)c1.CCN(CC)CC. The van der Waals surface area contributed by atoms with Crippen LogP contribution in [0.4, 0.5) is 4.39 Å². The van der Waals surface area contributed by atoms with Crippen LogP contribution in [-0.2, 0) is 0 Å². The highest BCUT2D eigenvalue weighted by atomic mass is 35.5. The first-order valence-electron chi connectivity index (χ1n) is 8.96. The topological polar surface area (TPSA) is 48.0 Å². The van der Waals surface area contributed by atoms with Crippen molar-refractivity contribution in [2.75, 3.05) is 19.6 Å². The maximum atomic E-state index is 13.7. The van der Waals surface area contributed by atoms with Crippen LogP contribution in [0.15, 0.2) is 37.3 Å². The van der Waals surface area contributed by atoms with Crippen LogP contribution in [0.5, 0.6) is 0 Å². The fraction of sp³-hybridized carbons (Fsp3) is 0.300. The lowest BCUT2D eigenvalue weighted by Gasteiger charge is -2.13. The number of benzene rings is 1. The van der Waals surface area contributed by atoms with E-state index in [0.29, 0.717) is 25.8 Å². The lowest BCUT2D eigenvalue weighted by molar-refractivity contribution is -0.605.